The fourth-order valence-corrected chi connectivity index (χ4v) is 1.85. The first-order valence-electron chi connectivity index (χ1n) is 4.82. The molecule has 0 radical (unpaired) electrons. The van der Waals surface area contributed by atoms with Gasteiger partial charge in [-0.3, -0.25) is 0 Å². The van der Waals surface area contributed by atoms with Crippen LogP contribution in [0.4, 0.5) is 13.2 Å². The van der Waals surface area contributed by atoms with E-state index in [4.69, 9.17) is 4.74 Å². The standard InChI is InChI=1S/C11H11F3O/c1-7-4-5-9(11(12,13)14)10-8(7)3-2-6-15-10/h4-5H,2-3,6H2,1H3. The van der Waals surface area contributed by atoms with Crippen LogP contribution in [0.3, 0.4) is 0 Å². The first-order valence-corrected chi connectivity index (χ1v) is 4.82. The Morgan fingerprint density at radius 3 is 2.67 bits per heavy atom. The Hall–Kier alpha value is -1.19. The Kier molecular flexibility index (Phi) is 2.37. The zero-order valence-corrected chi connectivity index (χ0v) is 8.32. The Bertz CT molecular complexity index is 382. The third-order valence-corrected chi connectivity index (χ3v) is 2.62. The smallest absolute Gasteiger partial charge is 0.419 e. The van der Waals surface area contributed by atoms with E-state index in [9.17, 15) is 13.2 Å². The molecular formula is C11H11F3O. The molecule has 82 valence electrons. The topological polar surface area (TPSA) is 9.23 Å². The second-order valence-electron chi connectivity index (χ2n) is 3.69. The molecule has 4 heteroatoms. The van der Waals surface area contributed by atoms with Gasteiger partial charge in [0.1, 0.15) is 5.75 Å². The van der Waals surface area contributed by atoms with Gasteiger partial charge in [0.05, 0.1) is 12.2 Å². The van der Waals surface area contributed by atoms with E-state index in [0.717, 1.165) is 18.1 Å². The number of fused-ring (bicyclic) bond motifs is 1. The molecule has 0 saturated heterocycles. The molecule has 0 unspecified atom stereocenters. The molecule has 0 saturated carbocycles. The van der Waals surface area contributed by atoms with E-state index in [2.05, 4.69) is 0 Å². The predicted octanol–water partition coefficient (Wildman–Crippen LogP) is 3.34. The van der Waals surface area contributed by atoms with Gasteiger partial charge in [-0.15, -0.1) is 0 Å². The summed E-state index contributed by atoms with van der Waals surface area (Å²) in [6.07, 6.45) is -2.87. The largest absolute Gasteiger partial charge is 0.493 e. The lowest BCUT2D eigenvalue weighted by molar-refractivity contribution is -0.139. The molecule has 0 amide bonds. The van der Waals surface area contributed by atoms with Gasteiger partial charge in [-0.2, -0.15) is 13.2 Å². The van der Waals surface area contributed by atoms with Crippen molar-refractivity contribution in [2.75, 3.05) is 6.61 Å². The maximum atomic E-state index is 12.6. The first-order chi connectivity index (χ1) is 7.00. The lowest BCUT2D eigenvalue weighted by Gasteiger charge is -2.23. The summed E-state index contributed by atoms with van der Waals surface area (Å²) >= 11 is 0. The Morgan fingerprint density at radius 2 is 2.00 bits per heavy atom. The maximum absolute atomic E-state index is 12.6. The monoisotopic (exact) mass is 216 g/mol. The van der Waals surface area contributed by atoms with Crippen LogP contribution in [0.25, 0.3) is 0 Å². The van der Waals surface area contributed by atoms with E-state index in [1.807, 2.05) is 6.92 Å². The van der Waals surface area contributed by atoms with E-state index in [1.54, 1.807) is 0 Å². The van der Waals surface area contributed by atoms with Crippen LogP contribution < -0.4 is 4.74 Å². The Balaban J connectivity index is 2.58. The van der Waals surface area contributed by atoms with Gasteiger partial charge in [0.15, 0.2) is 0 Å². The average Bonchev–Trinajstić information content (AvgIpc) is 2.17. The number of hydrogen-bond acceptors (Lipinski definition) is 1. The second-order valence-corrected chi connectivity index (χ2v) is 3.69. The predicted molar refractivity (Wildman–Crippen MR) is 50.0 cm³/mol. The Morgan fingerprint density at radius 1 is 1.27 bits per heavy atom. The number of halogens is 3. The van der Waals surface area contributed by atoms with Gasteiger partial charge < -0.3 is 4.74 Å². The third-order valence-electron chi connectivity index (χ3n) is 2.62. The number of rotatable bonds is 0. The number of alkyl halides is 3. The van der Waals surface area contributed by atoms with Crippen LogP contribution in [0.15, 0.2) is 12.1 Å². The van der Waals surface area contributed by atoms with Crippen LogP contribution in [0.5, 0.6) is 5.75 Å². The maximum Gasteiger partial charge on any atom is 0.419 e. The minimum absolute atomic E-state index is 0.0359. The molecule has 0 fully saturated rings. The molecule has 1 aliphatic heterocycles. The van der Waals surface area contributed by atoms with E-state index in [1.165, 1.54) is 6.07 Å². The molecule has 1 nitrogen and oxygen atoms in total. The summed E-state index contributed by atoms with van der Waals surface area (Å²) in [6.45, 7) is 2.19. The van der Waals surface area contributed by atoms with Gasteiger partial charge in [-0.05, 0) is 37.0 Å². The normalized spacial score (nSPS) is 15.7. The Labute approximate surface area is 85.9 Å². The number of hydrogen-bond donors (Lipinski definition) is 0. The summed E-state index contributed by atoms with van der Waals surface area (Å²) in [4.78, 5) is 0. The molecule has 1 aromatic carbocycles. The highest BCUT2D eigenvalue weighted by Gasteiger charge is 2.36. The van der Waals surface area contributed by atoms with Crippen LogP contribution in [-0.2, 0) is 12.6 Å². The highest BCUT2D eigenvalue weighted by molar-refractivity contribution is 5.48. The van der Waals surface area contributed by atoms with Crippen LogP contribution in [0, 0.1) is 6.92 Å². The van der Waals surface area contributed by atoms with Crippen LogP contribution in [0.2, 0.25) is 0 Å². The molecule has 2 rings (SSSR count). The van der Waals surface area contributed by atoms with Crippen molar-refractivity contribution in [2.24, 2.45) is 0 Å². The number of aryl methyl sites for hydroxylation is 1. The van der Waals surface area contributed by atoms with Gasteiger partial charge in [0, 0.05) is 0 Å². The number of benzene rings is 1. The third kappa shape index (κ3) is 1.80. The van der Waals surface area contributed by atoms with E-state index in [0.29, 0.717) is 18.6 Å². The lowest BCUT2D eigenvalue weighted by atomic mass is 9.97. The van der Waals surface area contributed by atoms with Gasteiger partial charge in [0.25, 0.3) is 0 Å². The van der Waals surface area contributed by atoms with Gasteiger partial charge >= 0.3 is 6.18 Å². The first kappa shape index (κ1) is 10.3. The molecular weight excluding hydrogens is 205 g/mol. The highest BCUT2D eigenvalue weighted by atomic mass is 19.4. The van der Waals surface area contributed by atoms with Gasteiger partial charge in [0.2, 0.25) is 0 Å². The molecule has 1 aromatic rings. The van der Waals surface area contributed by atoms with Crippen molar-refractivity contribution in [3.8, 4) is 5.75 Å². The van der Waals surface area contributed by atoms with Crippen molar-refractivity contribution in [1.29, 1.82) is 0 Å². The molecule has 0 N–H and O–H groups in total. The van der Waals surface area contributed by atoms with Crippen molar-refractivity contribution in [1.82, 2.24) is 0 Å². The van der Waals surface area contributed by atoms with Gasteiger partial charge in [-0.25, -0.2) is 0 Å². The summed E-state index contributed by atoms with van der Waals surface area (Å²) in [6, 6.07) is 2.61. The summed E-state index contributed by atoms with van der Waals surface area (Å²) in [5, 5.41) is 0. The molecule has 15 heavy (non-hydrogen) atoms. The van der Waals surface area contributed by atoms with Gasteiger partial charge in [-0.1, -0.05) is 6.07 Å². The minimum Gasteiger partial charge on any atom is -0.493 e. The lowest BCUT2D eigenvalue weighted by Crippen LogP contribution is -2.16. The SMILES string of the molecule is Cc1ccc(C(F)(F)F)c2c1CCCO2. The highest BCUT2D eigenvalue weighted by Crippen LogP contribution is 2.41. The van der Waals surface area contributed by atoms with E-state index in [-0.39, 0.29) is 5.75 Å². The van der Waals surface area contributed by atoms with E-state index < -0.39 is 11.7 Å². The quantitative estimate of drug-likeness (QED) is 0.646. The summed E-state index contributed by atoms with van der Waals surface area (Å²) in [5.41, 5.74) is 0.927. The zero-order chi connectivity index (χ0) is 11.1. The summed E-state index contributed by atoms with van der Waals surface area (Å²) < 4.78 is 43.0. The van der Waals surface area contributed by atoms with E-state index >= 15 is 0 Å². The molecule has 1 aliphatic rings. The van der Waals surface area contributed by atoms with Crippen molar-refractivity contribution >= 4 is 0 Å². The molecule has 1 heterocycles. The second kappa shape index (κ2) is 3.43. The van der Waals surface area contributed by atoms with Crippen molar-refractivity contribution in [3.05, 3.63) is 28.8 Å². The molecule has 0 aromatic heterocycles. The molecule has 0 bridgehead atoms. The average molecular weight is 216 g/mol. The van der Waals surface area contributed by atoms with Crippen LogP contribution in [0.1, 0.15) is 23.1 Å². The fraction of sp³-hybridized carbons (Fsp3) is 0.455. The van der Waals surface area contributed by atoms with Crippen molar-refractivity contribution in [3.63, 3.8) is 0 Å². The fourth-order valence-electron chi connectivity index (χ4n) is 1.85. The summed E-state index contributed by atoms with van der Waals surface area (Å²) in [5.74, 6) is 0.0359. The molecule has 0 aliphatic carbocycles. The van der Waals surface area contributed by atoms with Crippen molar-refractivity contribution in [2.45, 2.75) is 25.9 Å². The van der Waals surface area contributed by atoms with Crippen LogP contribution in [-0.4, -0.2) is 6.61 Å². The number of ether oxygens (including phenoxy) is 1. The summed E-state index contributed by atoms with van der Waals surface area (Å²) in [7, 11) is 0. The molecule has 0 atom stereocenters. The molecule has 0 spiro atoms. The van der Waals surface area contributed by atoms with Crippen molar-refractivity contribution < 1.29 is 17.9 Å². The van der Waals surface area contributed by atoms with Crippen LogP contribution >= 0.6 is 0 Å². The zero-order valence-electron chi connectivity index (χ0n) is 8.32. The minimum atomic E-state index is -4.32.